The highest BCUT2D eigenvalue weighted by atomic mass is 16.7. The summed E-state index contributed by atoms with van der Waals surface area (Å²) in [6.07, 6.45) is 2.87. The van der Waals surface area contributed by atoms with Crippen molar-refractivity contribution in [2.75, 3.05) is 13.7 Å². The molecule has 3 unspecified atom stereocenters. The summed E-state index contributed by atoms with van der Waals surface area (Å²) >= 11 is 0. The van der Waals surface area contributed by atoms with Gasteiger partial charge in [0.2, 0.25) is 0 Å². The van der Waals surface area contributed by atoms with E-state index in [2.05, 4.69) is 0 Å². The standard InChI is InChI=1S/C15H18O7/c1-8(16)20-6-10-4-5-11-12(14(18)19-3)7-21-15(13(10)11)22-9(2)17/h4,7,11,13,15H,5-6H2,1-3H3. The van der Waals surface area contributed by atoms with Gasteiger partial charge in [0.15, 0.2) is 0 Å². The van der Waals surface area contributed by atoms with E-state index < -0.39 is 24.2 Å². The molecule has 22 heavy (non-hydrogen) atoms. The zero-order valence-electron chi connectivity index (χ0n) is 12.7. The molecule has 0 aromatic carbocycles. The summed E-state index contributed by atoms with van der Waals surface area (Å²) in [4.78, 5) is 34.0. The Morgan fingerprint density at radius 2 is 2.00 bits per heavy atom. The van der Waals surface area contributed by atoms with Crippen molar-refractivity contribution in [2.24, 2.45) is 11.8 Å². The zero-order valence-corrected chi connectivity index (χ0v) is 12.7. The third kappa shape index (κ3) is 3.29. The Hall–Kier alpha value is -2.31. The van der Waals surface area contributed by atoms with Gasteiger partial charge in [-0.05, 0) is 12.0 Å². The van der Waals surface area contributed by atoms with Crippen LogP contribution in [0.25, 0.3) is 0 Å². The molecule has 1 aliphatic heterocycles. The lowest BCUT2D eigenvalue weighted by atomic mass is 9.83. The van der Waals surface area contributed by atoms with Crippen LogP contribution in [0.5, 0.6) is 0 Å². The fourth-order valence-electron chi connectivity index (χ4n) is 2.74. The molecule has 0 amide bonds. The van der Waals surface area contributed by atoms with Crippen molar-refractivity contribution >= 4 is 17.9 Å². The van der Waals surface area contributed by atoms with Gasteiger partial charge >= 0.3 is 17.9 Å². The molecule has 120 valence electrons. The van der Waals surface area contributed by atoms with E-state index >= 15 is 0 Å². The molecule has 0 aromatic rings. The van der Waals surface area contributed by atoms with Crippen LogP contribution in [0, 0.1) is 11.8 Å². The van der Waals surface area contributed by atoms with Crippen LogP contribution in [-0.2, 0) is 33.3 Å². The number of ether oxygens (including phenoxy) is 4. The topological polar surface area (TPSA) is 88.1 Å². The van der Waals surface area contributed by atoms with Gasteiger partial charge < -0.3 is 18.9 Å². The third-order valence-electron chi connectivity index (χ3n) is 3.66. The lowest BCUT2D eigenvalue weighted by molar-refractivity contribution is -0.180. The fraction of sp³-hybridized carbons (Fsp3) is 0.533. The van der Waals surface area contributed by atoms with Crippen LogP contribution in [0.2, 0.25) is 0 Å². The lowest BCUT2D eigenvalue weighted by Crippen LogP contribution is -2.38. The minimum atomic E-state index is -0.847. The van der Waals surface area contributed by atoms with Gasteiger partial charge in [-0.2, -0.15) is 0 Å². The molecule has 2 aliphatic rings. The van der Waals surface area contributed by atoms with E-state index in [0.29, 0.717) is 12.0 Å². The average Bonchev–Trinajstić information content (AvgIpc) is 2.88. The Kier molecular flexibility index (Phi) is 4.85. The Bertz CT molecular complexity index is 546. The second kappa shape index (κ2) is 6.64. The molecule has 7 heteroatoms. The fourth-order valence-corrected chi connectivity index (χ4v) is 2.74. The minimum absolute atomic E-state index is 0.0755. The smallest absolute Gasteiger partial charge is 0.337 e. The quantitative estimate of drug-likeness (QED) is 0.436. The minimum Gasteiger partial charge on any atom is -0.466 e. The molecular weight excluding hydrogens is 292 g/mol. The van der Waals surface area contributed by atoms with E-state index in [-0.39, 0.29) is 18.4 Å². The molecule has 0 spiro atoms. The first-order chi connectivity index (χ1) is 10.4. The molecule has 3 atom stereocenters. The summed E-state index contributed by atoms with van der Waals surface area (Å²) in [7, 11) is 1.29. The summed E-state index contributed by atoms with van der Waals surface area (Å²) < 4.78 is 20.3. The van der Waals surface area contributed by atoms with Crippen molar-refractivity contribution in [2.45, 2.75) is 26.6 Å². The molecule has 0 saturated heterocycles. The van der Waals surface area contributed by atoms with Crippen molar-refractivity contribution in [3.63, 3.8) is 0 Å². The maximum atomic E-state index is 11.8. The van der Waals surface area contributed by atoms with Gasteiger partial charge in [0.1, 0.15) is 6.61 Å². The van der Waals surface area contributed by atoms with Crippen molar-refractivity contribution < 1.29 is 33.3 Å². The largest absolute Gasteiger partial charge is 0.466 e. The van der Waals surface area contributed by atoms with Crippen LogP contribution in [0.3, 0.4) is 0 Å². The highest BCUT2D eigenvalue weighted by molar-refractivity contribution is 5.89. The van der Waals surface area contributed by atoms with Crippen LogP contribution in [0.15, 0.2) is 23.5 Å². The molecule has 0 saturated carbocycles. The van der Waals surface area contributed by atoms with Gasteiger partial charge in [0, 0.05) is 19.8 Å². The maximum absolute atomic E-state index is 11.8. The van der Waals surface area contributed by atoms with Gasteiger partial charge in [-0.3, -0.25) is 9.59 Å². The van der Waals surface area contributed by atoms with Crippen LogP contribution in [0.4, 0.5) is 0 Å². The van der Waals surface area contributed by atoms with Gasteiger partial charge in [-0.15, -0.1) is 0 Å². The summed E-state index contributed by atoms with van der Waals surface area (Å²) in [5.74, 6) is -1.98. The summed E-state index contributed by atoms with van der Waals surface area (Å²) in [6.45, 7) is 2.67. The van der Waals surface area contributed by atoms with Crippen LogP contribution in [0.1, 0.15) is 20.3 Å². The van der Waals surface area contributed by atoms with E-state index in [1.165, 1.54) is 27.2 Å². The molecule has 0 radical (unpaired) electrons. The van der Waals surface area contributed by atoms with Gasteiger partial charge in [-0.1, -0.05) is 6.08 Å². The molecule has 0 aromatic heterocycles. The molecule has 0 N–H and O–H groups in total. The Morgan fingerprint density at radius 3 is 2.59 bits per heavy atom. The summed E-state index contributed by atoms with van der Waals surface area (Å²) in [5, 5.41) is 0. The number of esters is 3. The SMILES string of the molecule is COC(=O)C1=COC(OC(C)=O)C2C(COC(C)=O)=CCC12. The van der Waals surface area contributed by atoms with Crippen LogP contribution >= 0.6 is 0 Å². The van der Waals surface area contributed by atoms with E-state index in [1.807, 2.05) is 6.08 Å². The average molecular weight is 310 g/mol. The van der Waals surface area contributed by atoms with E-state index in [4.69, 9.17) is 18.9 Å². The summed E-state index contributed by atoms with van der Waals surface area (Å²) in [6, 6.07) is 0. The van der Waals surface area contributed by atoms with Crippen molar-refractivity contribution in [1.82, 2.24) is 0 Å². The predicted octanol–water partition coefficient (Wildman–Crippen LogP) is 1.09. The lowest BCUT2D eigenvalue weighted by Gasteiger charge is -2.34. The summed E-state index contributed by atoms with van der Waals surface area (Å²) in [5.41, 5.74) is 1.14. The number of rotatable bonds is 4. The van der Waals surface area contributed by atoms with Crippen LogP contribution < -0.4 is 0 Å². The highest BCUT2D eigenvalue weighted by Crippen LogP contribution is 2.43. The second-order valence-corrected chi connectivity index (χ2v) is 5.11. The molecule has 1 heterocycles. The normalized spacial score (nSPS) is 26.0. The van der Waals surface area contributed by atoms with Gasteiger partial charge in [0.05, 0.1) is 24.9 Å². The molecule has 7 nitrogen and oxygen atoms in total. The highest BCUT2D eigenvalue weighted by Gasteiger charge is 2.45. The first-order valence-corrected chi connectivity index (χ1v) is 6.87. The monoisotopic (exact) mass is 310 g/mol. The van der Waals surface area contributed by atoms with Crippen LogP contribution in [-0.4, -0.2) is 37.9 Å². The van der Waals surface area contributed by atoms with E-state index in [0.717, 1.165) is 5.57 Å². The Labute approximate surface area is 127 Å². The Morgan fingerprint density at radius 1 is 1.27 bits per heavy atom. The first-order valence-electron chi connectivity index (χ1n) is 6.87. The molecule has 0 fully saturated rings. The molecule has 2 rings (SSSR count). The predicted molar refractivity (Wildman–Crippen MR) is 73.1 cm³/mol. The number of hydrogen-bond acceptors (Lipinski definition) is 7. The number of carbonyl (C=O) groups excluding carboxylic acids is 3. The first kappa shape index (κ1) is 16.1. The zero-order chi connectivity index (χ0) is 16.3. The molecule has 0 bridgehead atoms. The van der Waals surface area contributed by atoms with Gasteiger partial charge in [-0.25, -0.2) is 4.79 Å². The van der Waals surface area contributed by atoms with Crippen molar-refractivity contribution in [3.05, 3.63) is 23.5 Å². The number of allylic oxidation sites excluding steroid dienone is 1. The van der Waals surface area contributed by atoms with Gasteiger partial charge in [0.25, 0.3) is 6.29 Å². The number of methoxy groups -OCH3 is 1. The molecular formula is C15H18O7. The number of hydrogen-bond donors (Lipinski definition) is 0. The van der Waals surface area contributed by atoms with Crippen molar-refractivity contribution in [1.29, 1.82) is 0 Å². The Balaban J connectivity index is 2.22. The number of carbonyl (C=O) groups is 3. The molecule has 1 aliphatic carbocycles. The third-order valence-corrected chi connectivity index (χ3v) is 3.66. The maximum Gasteiger partial charge on any atom is 0.337 e. The van der Waals surface area contributed by atoms with E-state index in [1.54, 1.807) is 0 Å². The second-order valence-electron chi connectivity index (χ2n) is 5.11. The van der Waals surface area contributed by atoms with Crippen molar-refractivity contribution in [3.8, 4) is 0 Å². The van der Waals surface area contributed by atoms with E-state index in [9.17, 15) is 14.4 Å². The number of fused-ring (bicyclic) bond motifs is 1.